The van der Waals surface area contributed by atoms with Crippen LogP contribution in [-0.4, -0.2) is 17.2 Å². The second kappa shape index (κ2) is 6.29. The van der Waals surface area contributed by atoms with Crippen molar-refractivity contribution in [1.29, 1.82) is 0 Å². The van der Waals surface area contributed by atoms with Gasteiger partial charge in [-0.3, -0.25) is 0 Å². The zero-order valence-electron chi connectivity index (χ0n) is 13.8. The molecular formula is C22H17NO2. The fourth-order valence-corrected chi connectivity index (χ4v) is 3.14. The maximum absolute atomic E-state index is 10.4. The normalized spacial score (nSPS) is 10.8. The van der Waals surface area contributed by atoms with E-state index < -0.39 is 0 Å². The van der Waals surface area contributed by atoms with E-state index in [9.17, 15) is 5.11 Å². The zero-order chi connectivity index (χ0) is 17.2. The molecule has 1 aromatic heterocycles. The van der Waals surface area contributed by atoms with Crippen LogP contribution < -0.4 is 4.74 Å². The summed E-state index contributed by atoms with van der Waals surface area (Å²) in [4.78, 5) is 4.41. The molecular weight excluding hydrogens is 310 g/mol. The van der Waals surface area contributed by atoms with Crippen LogP contribution in [0, 0.1) is 0 Å². The second-order valence-corrected chi connectivity index (χ2v) is 5.83. The SMILES string of the molecule is COc1ncc(-c2cccc(-c3ccccc3)c2)c2c(O)cccc12. The number of ether oxygens (including phenoxy) is 1. The Morgan fingerprint density at radius 1 is 0.800 bits per heavy atom. The van der Waals surface area contributed by atoms with Crippen LogP contribution in [0.1, 0.15) is 0 Å². The van der Waals surface area contributed by atoms with Crippen molar-refractivity contribution in [2.75, 3.05) is 7.11 Å². The summed E-state index contributed by atoms with van der Waals surface area (Å²) in [5, 5.41) is 12.0. The van der Waals surface area contributed by atoms with Crippen molar-refractivity contribution in [3.63, 3.8) is 0 Å². The van der Waals surface area contributed by atoms with Gasteiger partial charge in [0.05, 0.1) is 7.11 Å². The highest BCUT2D eigenvalue weighted by atomic mass is 16.5. The molecule has 122 valence electrons. The summed E-state index contributed by atoms with van der Waals surface area (Å²) in [6.07, 6.45) is 1.75. The molecule has 0 bridgehead atoms. The maximum Gasteiger partial charge on any atom is 0.221 e. The summed E-state index contributed by atoms with van der Waals surface area (Å²) < 4.78 is 5.34. The predicted octanol–water partition coefficient (Wildman–Crippen LogP) is 5.28. The van der Waals surface area contributed by atoms with E-state index in [0.29, 0.717) is 5.88 Å². The summed E-state index contributed by atoms with van der Waals surface area (Å²) in [6.45, 7) is 0. The number of hydrogen-bond acceptors (Lipinski definition) is 3. The highest BCUT2D eigenvalue weighted by molar-refractivity contribution is 6.03. The standard InChI is InChI=1S/C22H17NO2/c1-25-22-18-11-6-12-20(24)21(18)19(14-23-22)17-10-5-9-16(13-17)15-7-3-2-4-8-15/h2-14,24H,1H3. The van der Waals surface area contributed by atoms with Crippen LogP contribution in [0.25, 0.3) is 33.0 Å². The smallest absolute Gasteiger partial charge is 0.221 e. The van der Waals surface area contributed by atoms with E-state index in [-0.39, 0.29) is 5.75 Å². The van der Waals surface area contributed by atoms with Gasteiger partial charge in [0.25, 0.3) is 0 Å². The summed E-state index contributed by atoms with van der Waals surface area (Å²) in [6, 6.07) is 23.9. The van der Waals surface area contributed by atoms with Crippen molar-refractivity contribution in [1.82, 2.24) is 4.98 Å². The minimum atomic E-state index is 0.221. The van der Waals surface area contributed by atoms with Crippen LogP contribution in [0.15, 0.2) is 79.0 Å². The van der Waals surface area contributed by atoms with Gasteiger partial charge in [-0.2, -0.15) is 0 Å². The Labute approximate surface area is 146 Å². The van der Waals surface area contributed by atoms with Crippen LogP contribution in [-0.2, 0) is 0 Å². The Kier molecular flexibility index (Phi) is 3.82. The molecule has 3 nitrogen and oxygen atoms in total. The molecule has 0 amide bonds. The Morgan fingerprint density at radius 3 is 2.32 bits per heavy atom. The summed E-state index contributed by atoms with van der Waals surface area (Å²) >= 11 is 0. The molecule has 1 N–H and O–H groups in total. The Balaban J connectivity index is 1.94. The number of phenols is 1. The number of phenolic OH excluding ortho intramolecular Hbond substituents is 1. The summed E-state index contributed by atoms with van der Waals surface area (Å²) in [5.74, 6) is 0.729. The number of benzene rings is 3. The van der Waals surface area contributed by atoms with E-state index in [0.717, 1.165) is 33.0 Å². The third kappa shape index (κ3) is 2.70. The van der Waals surface area contributed by atoms with Crippen molar-refractivity contribution in [2.24, 2.45) is 0 Å². The van der Waals surface area contributed by atoms with Crippen molar-refractivity contribution < 1.29 is 9.84 Å². The first-order chi connectivity index (χ1) is 12.3. The lowest BCUT2D eigenvalue weighted by molar-refractivity contribution is 0.403. The number of methoxy groups -OCH3 is 1. The molecule has 0 spiro atoms. The number of nitrogens with zero attached hydrogens (tertiary/aromatic N) is 1. The average molecular weight is 327 g/mol. The Hall–Kier alpha value is -3.33. The van der Waals surface area contributed by atoms with Crippen molar-refractivity contribution >= 4 is 10.8 Å². The number of aromatic nitrogens is 1. The molecule has 0 radical (unpaired) electrons. The largest absolute Gasteiger partial charge is 0.507 e. The number of hydrogen-bond donors (Lipinski definition) is 1. The molecule has 0 atom stereocenters. The first-order valence-electron chi connectivity index (χ1n) is 8.08. The van der Waals surface area contributed by atoms with Crippen LogP contribution >= 0.6 is 0 Å². The molecule has 0 unspecified atom stereocenters. The molecule has 1 heterocycles. The third-order valence-electron chi connectivity index (χ3n) is 4.33. The van der Waals surface area contributed by atoms with Crippen LogP contribution in [0.4, 0.5) is 0 Å². The Morgan fingerprint density at radius 2 is 1.52 bits per heavy atom. The fourth-order valence-electron chi connectivity index (χ4n) is 3.14. The van der Waals surface area contributed by atoms with Crippen LogP contribution in [0.2, 0.25) is 0 Å². The van der Waals surface area contributed by atoms with Gasteiger partial charge in [0.2, 0.25) is 5.88 Å². The first kappa shape index (κ1) is 15.2. The summed E-state index contributed by atoms with van der Waals surface area (Å²) in [5.41, 5.74) is 4.16. The number of aromatic hydroxyl groups is 1. The third-order valence-corrected chi connectivity index (χ3v) is 4.33. The van der Waals surface area contributed by atoms with Gasteiger partial charge in [-0.15, -0.1) is 0 Å². The molecule has 4 rings (SSSR count). The van der Waals surface area contributed by atoms with Crippen LogP contribution in [0.3, 0.4) is 0 Å². The van der Waals surface area contributed by atoms with Crippen molar-refractivity contribution in [3.8, 4) is 33.9 Å². The summed E-state index contributed by atoms with van der Waals surface area (Å²) in [7, 11) is 1.58. The van der Waals surface area contributed by atoms with Gasteiger partial charge in [0.1, 0.15) is 5.75 Å². The molecule has 25 heavy (non-hydrogen) atoms. The minimum absolute atomic E-state index is 0.221. The van der Waals surface area contributed by atoms with E-state index in [1.54, 1.807) is 25.4 Å². The molecule has 3 heteroatoms. The molecule has 4 aromatic rings. The number of fused-ring (bicyclic) bond motifs is 1. The van der Waals surface area contributed by atoms with Crippen molar-refractivity contribution in [3.05, 3.63) is 79.0 Å². The van der Waals surface area contributed by atoms with Crippen molar-refractivity contribution in [2.45, 2.75) is 0 Å². The topological polar surface area (TPSA) is 42.4 Å². The lowest BCUT2D eigenvalue weighted by Gasteiger charge is -2.12. The quantitative estimate of drug-likeness (QED) is 0.556. The van der Waals surface area contributed by atoms with E-state index in [4.69, 9.17) is 4.74 Å². The highest BCUT2D eigenvalue weighted by Crippen LogP contribution is 2.38. The lowest BCUT2D eigenvalue weighted by atomic mass is 9.96. The number of pyridine rings is 1. The van der Waals surface area contributed by atoms with E-state index in [2.05, 4.69) is 29.2 Å². The predicted molar refractivity (Wildman–Crippen MR) is 101 cm³/mol. The molecule has 0 aliphatic rings. The highest BCUT2D eigenvalue weighted by Gasteiger charge is 2.13. The molecule has 0 fully saturated rings. The fraction of sp³-hybridized carbons (Fsp3) is 0.0455. The Bertz CT molecular complexity index is 1040. The van der Waals surface area contributed by atoms with E-state index >= 15 is 0 Å². The average Bonchev–Trinajstić information content (AvgIpc) is 2.68. The zero-order valence-corrected chi connectivity index (χ0v) is 13.8. The van der Waals surface area contributed by atoms with Gasteiger partial charge in [-0.25, -0.2) is 4.98 Å². The molecule has 0 saturated carbocycles. The van der Waals surface area contributed by atoms with Gasteiger partial charge in [-0.1, -0.05) is 54.6 Å². The number of rotatable bonds is 3. The van der Waals surface area contributed by atoms with Gasteiger partial charge in [-0.05, 0) is 34.9 Å². The second-order valence-electron chi connectivity index (χ2n) is 5.83. The molecule has 0 aliphatic carbocycles. The van der Waals surface area contributed by atoms with Gasteiger partial charge >= 0.3 is 0 Å². The van der Waals surface area contributed by atoms with Crippen LogP contribution in [0.5, 0.6) is 11.6 Å². The minimum Gasteiger partial charge on any atom is -0.507 e. The monoisotopic (exact) mass is 327 g/mol. The molecule has 3 aromatic carbocycles. The van der Waals surface area contributed by atoms with Gasteiger partial charge < -0.3 is 9.84 Å². The van der Waals surface area contributed by atoms with Gasteiger partial charge in [0, 0.05) is 22.5 Å². The molecule has 0 saturated heterocycles. The molecule has 0 aliphatic heterocycles. The lowest BCUT2D eigenvalue weighted by Crippen LogP contribution is -1.92. The van der Waals surface area contributed by atoms with E-state index in [1.807, 2.05) is 36.4 Å². The van der Waals surface area contributed by atoms with E-state index in [1.165, 1.54) is 0 Å². The first-order valence-corrected chi connectivity index (χ1v) is 8.08. The van der Waals surface area contributed by atoms with Gasteiger partial charge in [0.15, 0.2) is 0 Å². The maximum atomic E-state index is 10.4.